The third-order valence-electron chi connectivity index (χ3n) is 9.80. The number of halogens is 3. The van der Waals surface area contributed by atoms with Gasteiger partial charge in [0.1, 0.15) is 0 Å². The van der Waals surface area contributed by atoms with Crippen molar-refractivity contribution in [2.75, 3.05) is 0 Å². The number of hydrogen-bond acceptors (Lipinski definition) is 3. The van der Waals surface area contributed by atoms with Gasteiger partial charge in [-0.25, -0.2) is 18.2 Å². The van der Waals surface area contributed by atoms with Crippen LogP contribution in [0.5, 0.6) is 0 Å². The van der Waals surface area contributed by atoms with Gasteiger partial charge in [0.25, 0.3) is 0 Å². The van der Waals surface area contributed by atoms with Crippen molar-refractivity contribution in [3.63, 3.8) is 0 Å². The van der Waals surface area contributed by atoms with E-state index in [1.54, 1.807) is 4.57 Å². The Morgan fingerprint density at radius 1 is 0.396 bits per heavy atom. The minimum absolute atomic E-state index is 0.171. The average molecular weight is 694 g/mol. The van der Waals surface area contributed by atoms with Crippen LogP contribution in [0.3, 0.4) is 0 Å². The molecule has 252 valence electrons. The van der Waals surface area contributed by atoms with E-state index in [4.69, 9.17) is 15.0 Å². The largest absolute Gasteiger partial charge is 0.308 e. The molecule has 0 saturated carbocycles. The van der Waals surface area contributed by atoms with Gasteiger partial charge in [0.2, 0.25) is 5.95 Å². The SMILES string of the molecule is Fc1cc(-n2c3ccccc3c3ccc4c(c5ccccc5n4-c4nc(-c5ccccc5)nc(-c5ccc(-c6ccccc6)cc5)n4)c32)cc(F)c1F. The van der Waals surface area contributed by atoms with Gasteiger partial charge < -0.3 is 4.57 Å². The molecule has 0 bridgehead atoms. The monoisotopic (exact) mass is 693 g/mol. The molecular weight excluding hydrogens is 668 g/mol. The minimum atomic E-state index is -1.51. The molecule has 0 saturated heterocycles. The molecule has 0 amide bonds. The summed E-state index contributed by atoms with van der Waals surface area (Å²) in [6.45, 7) is 0. The highest BCUT2D eigenvalue weighted by Crippen LogP contribution is 2.42. The van der Waals surface area contributed by atoms with Gasteiger partial charge in [0.05, 0.1) is 27.8 Å². The third kappa shape index (κ3) is 4.91. The molecule has 0 atom stereocenters. The van der Waals surface area contributed by atoms with Crippen molar-refractivity contribution >= 4 is 43.6 Å². The summed E-state index contributed by atoms with van der Waals surface area (Å²) in [5.74, 6) is -2.60. The Morgan fingerprint density at radius 2 is 0.906 bits per heavy atom. The van der Waals surface area contributed by atoms with Crippen LogP contribution in [-0.2, 0) is 0 Å². The molecule has 5 nitrogen and oxygen atoms in total. The molecule has 0 unspecified atom stereocenters. The van der Waals surface area contributed by atoms with Crippen molar-refractivity contribution in [3.8, 4) is 45.5 Å². The second-order valence-electron chi connectivity index (χ2n) is 12.9. The highest BCUT2D eigenvalue weighted by Gasteiger charge is 2.24. The molecular formula is C45H26F3N5. The van der Waals surface area contributed by atoms with E-state index in [1.807, 2.05) is 126 Å². The topological polar surface area (TPSA) is 48.5 Å². The summed E-state index contributed by atoms with van der Waals surface area (Å²) >= 11 is 0. The highest BCUT2D eigenvalue weighted by molar-refractivity contribution is 6.26. The van der Waals surface area contributed by atoms with Gasteiger partial charge >= 0.3 is 0 Å². The Hall–Kier alpha value is -7.06. The molecule has 0 aliphatic carbocycles. The van der Waals surface area contributed by atoms with Crippen LogP contribution in [0, 0.1) is 17.5 Å². The van der Waals surface area contributed by atoms with Crippen LogP contribution in [0.25, 0.3) is 89.2 Å². The maximum Gasteiger partial charge on any atom is 0.238 e. The predicted octanol–water partition coefficient (Wildman–Crippen LogP) is 11.5. The number of nitrogens with zero attached hydrogens (tertiary/aromatic N) is 5. The minimum Gasteiger partial charge on any atom is -0.308 e. The van der Waals surface area contributed by atoms with E-state index >= 15 is 0 Å². The average Bonchev–Trinajstić information content (AvgIpc) is 3.73. The second kappa shape index (κ2) is 12.0. The fourth-order valence-corrected chi connectivity index (χ4v) is 7.42. The quantitative estimate of drug-likeness (QED) is 0.169. The van der Waals surface area contributed by atoms with Crippen LogP contribution >= 0.6 is 0 Å². The first kappa shape index (κ1) is 30.7. The maximum absolute atomic E-state index is 14.8. The summed E-state index contributed by atoms with van der Waals surface area (Å²) in [6.07, 6.45) is 0. The van der Waals surface area contributed by atoms with Crippen LogP contribution in [0.1, 0.15) is 0 Å². The molecule has 0 aliphatic rings. The van der Waals surface area contributed by atoms with Crippen molar-refractivity contribution in [1.82, 2.24) is 24.1 Å². The normalized spacial score (nSPS) is 11.7. The molecule has 53 heavy (non-hydrogen) atoms. The lowest BCUT2D eigenvalue weighted by Gasteiger charge is -2.12. The fourth-order valence-electron chi connectivity index (χ4n) is 7.42. The van der Waals surface area contributed by atoms with Crippen LogP contribution in [-0.4, -0.2) is 24.1 Å². The van der Waals surface area contributed by atoms with Crippen LogP contribution in [0.4, 0.5) is 13.2 Å². The van der Waals surface area contributed by atoms with Gasteiger partial charge in [-0.3, -0.25) is 4.57 Å². The smallest absolute Gasteiger partial charge is 0.238 e. The molecule has 0 spiro atoms. The van der Waals surface area contributed by atoms with Crippen molar-refractivity contribution in [2.24, 2.45) is 0 Å². The first-order valence-corrected chi connectivity index (χ1v) is 17.1. The fraction of sp³-hybridized carbons (Fsp3) is 0. The predicted molar refractivity (Wildman–Crippen MR) is 205 cm³/mol. The van der Waals surface area contributed by atoms with E-state index in [0.717, 1.165) is 78.0 Å². The maximum atomic E-state index is 14.8. The highest BCUT2D eigenvalue weighted by atomic mass is 19.2. The molecule has 10 rings (SSSR count). The lowest BCUT2D eigenvalue weighted by molar-refractivity contribution is 0.446. The number of rotatable bonds is 5. The molecule has 3 heterocycles. The van der Waals surface area contributed by atoms with Crippen molar-refractivity contribution in [3.05, 3.63) is 175 Å². The van der Waals surface area contributed by atoms with Crippen LogP contribution in [0.2, 0.25) is 0 Å². The Labute approximate surface area is 300 Å². The lowest BCUT2D eigenvalue weighted by Crippen LogP contribution is -2.06. The standard InChI is InChI=1S/C45H26F3N5/c46-35-25-31(26-36(47)41(35)48)52-37-17-9-7-15-32(37)33-23-24-39-40(42(33)52)34-16-8-10-18-38(34)53(39)45-50-43(29-13-5-2-6-14-29)49-44(51-45)30-21-19-28(20-22-30)27-11-3-1-4-12-27/h1-26H. The molecule has 0 N–H and O–H groups in total. The first-order chi connectivity index (χ1) is 26.0. The summed E-state index contributed by atoms with van der Waals surface area (Å²) < 4.78 is 47.7. The summed E-state index contributed by atoms with van der Waals surface area (Å²) in [4.78, 5) is 15.1. The molecule has 7 aromatic carbocycles. The van der Waals surface area contributed by atoms with Gasteiger partial charge in [-0.15, -0.1) is 0 Å². The second-order valence-corrected chi connectivity index (χ2v) is 12.9. The number of benzene rings is 7. The Bertz CT molecular complexity index is 3000. The molecule has 0 radical (unpaired) electrons. The van der Waals surface area contributed by atoms with Crippen molar-refractivity contribution in [2.45, 2.75) is 0 Å². The summed E-state index contributed by atoms with van der Waals surface area (Å²) in [5.41, 5.74) is 7.08. The van der Waals surface area contributed by atoms with E-state index in [-0.39, 0.29) is 5.69 Å². The van der Waals surface area contributed by atoms with Gasteiger partial charge in [0, 0.05) is 44.8 Å². The molecule has 10 aromatic rings. The number of hydrogen-bond donors (Lipinski definition) is 0. The third-order valence-corrected chi connectivity index (χ3v) is 9.80. The van der Waals surface area contributed by atoms with Crippen LogP contribution < -0.4 is 0 Å². The summed E-state index contributed by atoms with van der Waals surface area (Å²) in [7, 11) is 0. The van der Waals surface area contributed by atoms with Gasteiger partial charge in [-0.2, -0.15) is 9.97 Å². The molecule has 3 aromatic heterocycles. The van der Waals surface area contributed by atoms with E-state index < -0.39 is 17.5 Å². The zero-order chi connectivity index (χ0) is 35.6. The Balaban J connectivity index is 1.27. The first-order valence-electron chi connectivity index (χ1n) is 17.1. The molecule has 0 fully saturated rings. The number of aromatic nitrogens is 5. The van der Waals surface area contributed by atoms with E-state index in [9.17, 15) is 13.2 Å². The van der Waals surface area contributed by atoms with Crippen molar-refractivity contribution < 1.29 is 13.2 Å². The van der Waals surface area contributed by atoms with Gasteiger partial charge in [-0.1, -0.05) is 127 Å². The summed E-state index contributed by atoms with van der Waals surface area (Å²) in [5, 5.41) is 3.48. The Kier molecular flexibility index (Phi) is 6.97. The Morgan fingerprint density at radius 3 is 1.57 bits per heavy atom. The zero-order valence-corrected chi connectivity index (χ0v) is 27.9. The number of para-hydroxylation sites is 2. The summed E-state index contributed by atoms with van der Waals surface area (Å²) in [6, 6.07) is 49.8. The van der Waals surface area contributed by atoms with E-state index in [2.05, 4.69) is 24.3 Å². The molecule has 8 heteroatoms. The zero-order valence-electron chi connectivity index (χ0n) is 27.9. The van der Waals surface area contributed by atoms with E-state index in [0.29, 0.717) is 17.6 Å². The number of fused-ring (bicyclic) bond motifs is 7. The molecule has 0 aliphatic heterocycles. The van der Waals surface area contributed by atoms with Crippen LogP contribution in [0.15, 0.2) is 158 Å². The van der Waals surface area contributed by atoms with Crippen molar-refractivity contribution in [1.29, 1.82) is 0 Å². The van der Waals surface area contributed by atoms with Gasteiger partial charge in [-0.05, 0) is 29.3 Å². The lowest BCUT2D eigenvalue weighted by atomic mass is 10.0. The van der Waals surface area contributed by atoms with Gasteiger partial charge in [0.15, 0.2) is 29.1 Å². The van der Waals surface area contributed by atoms with E-state index in [1.165, 1.54) is 0 Å².